The fourth-order valence-corrected chi connectivity index (χ4v) is 2.00. The second kappa shape index (κ2) is 13.2. The first-order valence-corrected chi connectivity index (χ1v) is 8.07. The first kappa shape index (κ1) is 19.2. The molecule has 3 nitrogen and oxygen atoms in total. The van der Waals surface area contributed by atoms with Crippen LogP contribution in [-0.2, 0) is 9.53 Å². The average Bonchev–Trinajstić information content (AvgIpc) is 2.41. The Bertz CT molecular complexity index is 262. The van der Waals surface area contributed by atoms with Gasteiger partial charge in [-0.1, -0.05) is 58.4 Å². The normalized spacial score (nSPS) is 10.8. The van der Waals surface area contributed by atoms with Gasteiger partial charge in [-0.2, -0.15) is 0 Å². The van der Waals surface area contributed by atoms with E-state index in [2.05, 4.69) is 13.5 Å². The van der Waals surface area contributed by atoms with E-state index in [1.807, 2.05) is 19.0 Å². The van der Waals surface area contributed by atoms with Crippen molar-refractivity contribution in [3.05, 3.63) is 12.2 Å². The zero-order valence-electron chi connectivity index (χ0n) is 13.7. The van der Waals surface area contributed by atoms with Crippen LogP contribution in [0.2, 0.25) is 0 Å². The number of hydrogen-bond acceptors (Lipinski definition) is 3. The quantitative estimate of drug-likeness (QED) is 0.288. The van der Waals surface area contributed by atoms with E-state index in [9.17, 15) is 4.79 Å². The largest absolute Gasteiger partial charge is 0.461 e. The van der Waals surface area contributed by atoms with E-state index in [0.29, 0.717) is 12.2 Å². The molecular formula is C17H33NO2. The summed E-state index contributed by atoms with van der Waals surface area (Å²) in [5, 5.41) is 0. The van der Waals surface area contributed by atoms with Gasteiger partial charge in [0.25, 0.3) is 0 Å². The highest BCUT2D eigenvalue weighted by atomic mass is 16.5. The molecule has 0 rings (SSSR count). The van der Waals surface area contributed by atoms with Crippen molar-refractivity contribution in [2.75, 3.05) is 27.2 Å². The molecule has 20 heavy (non-hydrogen) atoms. The molecule has 0 aliphatic rings. The summed E-state index contributed by atoms with van der Waals surface area (Å²) < 4.78 is 5.16. The molecule has 0 aliphatic heterocycles. The average molecular weight is 283 g/mol. The van der Waals surface area contributed by atoms with Crippen LogP contribution in [0.15, 0.2) is 12.2 Å². The van der Waals surface area contributed by atoms with Crippen molar-refractivity contribution in [3.8, 4) is 0 Å². The minimum Gasteiger partial charge on any atom is -0.461 e. The third kappa shape index (κ3) is 12.2. The zero-order chi connectivity index (χ0) is 15.2. The summed E-state index contributed by atoms with van der Waals surface area (Å²) in [6.45, 7) is 7.27. The summed E-state index contributed by atoms with van der Waals surface area (Å²) in [6.07, 6.45) is 11.0. The second-order valence-electron chi connectivity index (χ2n) is 5.77. The van der Waals surface area contributed by atoms with Gasteiger partial charge in [0.15, 0.2) is 0 Å². The molecule has 0 saturated carbocycles. The monoisotopic (exact) mass is 283 g/mol. The third-order valence-corrected chi connectivity index (χ3v) is 3.39. The lowest BCUT2D eigenvalue weighted by atomic mass is 10.1. The molecule has 3 heteroatoms. The Balaban J connectivity index is 3.41. The Morgan fingerprint density at radius 2 is 1.55 bits per heavy atom. The predicted octanol–water partition coefficient (Wildman–Crippen LogP) is 4.18. The Kier molecular flexibility index (Phi) is 12.6. The maximum atomic E-state index is 11.6. The molecule has 0 aromatic heterocycles. The van der Waals surface area contributed by atoms with Crippen LogP contribution < -0.4 is 0 Å². The standard InChI is InChI=1S/C17H33NO2/c1-5-6-7-8-9-10-11-12-13-16(2)17(19)20-15-14-18(3)4/h2,5-15H2,1,3-4H3. The van der Waals surface area contributed by atoms with Gasteiger partial charge in [-0.05, 0) is 26.9 Å². The van der Waals surface area contributed by atoms with Crippen molar-refractivity contribution in [1.82, 2.24) is 4.90 Å². The summed E-state index contributed by atoms with van der Waals surface area (Å²) >= 11 is 0. The maximum absolute atomic E-state index is 11.6. The van der Waals surface area contributed by atoms with E-state index in [1.165, 1.54) is 44.9 Å². The van der Waals surface area contributed by atoms with E-state index in [4.69, 9.17) is 4.74 Å². The number of nitrogens with zero attached hydrogens (tertiary/aromatic N) is 1. The maximum Gasteiger partial charge on any atom is 0.333 e. The zero-order valence-corrected chi connectivity index (χ0v) is 13.7. The molecular weight excluding hydrogens is 250 g/mol. The van der Waals surface area contributed by atoms with Crippen molar-refractivity contribution < 1.29 is 9.53 Å². The molecule has 0 N–H and O–H groups in total. The summed E-state index contributed by atoms with van der Waals surface area (Å²) in [5.74, 6) is -0.227. The fourth-order valence-electron chi connectivity index (χ4n) is 2.00. The number of esters is 1. The van der Waals surface area contributed by atoms with Gasteiger partial charge in [-0.25, -0.2) is 4.79 Å². The topological polar surface area (TPSA) is 29.5 Å². The molecule has 0 aromatic rings. The first-order valence-electron chi connectivity index (χ1n) is 8.07. The van der Waals surface area contributed by atoms with Crippen molar-refractivity contribution >= 4 is 5.97 Å². The van der Waals surface area contributed by atoms with Crippen LogP contribution in [0.5, 0.6) is 0 Å². The van der Waals surface area contributed by atoms with Crippen LogP contribution in [0.25, 0.3) is 0 Å². The fraction of sp³-hybridized carbons (Fsp3) is 0.824. The van der Waals surface area contributed by atoms with Gasteiger partial charge in [0.05, 0.1) is 0 Å². The summed E-state index contributed by atoms with van der Waals surface area (Å²) in [4.78, 5) is 13.6. The minimum atomic E-state index is -0.227. The van der Waals surface area contributed by atoms with Gasteiger partial charge < -0.3 is 9.64 Å². The molecule has 0 heterocycles. The number of rotatable bonds is 13. The number of ether oxygens (including phenoxy) is 1. The molecule has 0 aliphatic carbocycles. The van der Waals surface area contributed by atoms with E-state index in [0.717, 1.165) is 19.4 Å². The third-order valence-electron chi connectivity index (χ3n) is 3.39. The van der Waals surface area contributed by atoms with E-state index in [1.54, 1.807) is 0 Å². The Labute approximate surface area is 125 Å². The van der Waals surface area contributed by atoms with Gasteiger partial charge >= 0.3 is 5.97 Å². The number of likely N-dealkylation sites (N-methyl/N-ethyl adjacent to an activating group) is 1. The van der Waals surface area contributed by atoms with Crippen molar-refractivity contribution in [2.45, 2.75) is 64.7 Å². The van der Waals surface area contributed by atoms with Crippen LogP contribution in [0, 0.1) is 0 Å². The highest BCUT2D eigenvalue weighted by Crippen LogP contribution is 2.12. The summed E-state index contributed by atoms with van der Waals surface area (Å²) in [6, 6.07) is 0. The van der Waals surface area contributed by atoms with Crippen molar-refractivity contribution in [1.29, 1.82) is 0 Å². The van der Waals surface area contributed by atoms with Gasteiger partial charge in [0, 0.05) is 12.1 Å². The highest BCUT2D eigenvalue weighted by molar-refractivity contribution is 5.87. The number of hydrogen-bond donors (Lipinski definition) is 0. The summed E-state index contributed by atoms with van der Waals surface area (Å²) in [5.41, 5.74) is 0.620. The molecule has 0 atom stereocenters. The lowest BCUT2D eigenvalue weighted by Crippen LogP contribution is -2.20. The van der Waals surface area contributed by atoms with Crippen LogP contribution in [0.4, 0.5) is 0 Å². The van der Waals surface area contributed by atoms with Gasteiger partial charge in [0.2, 0.25) is 0 Å². The SMILES string of the molecule is C=C(CCCCCCCCCC)C(=O)OCCN(C)C. The molecule has 0 amide bonds. The molecule has 0 fully saturated rings. The number of carbonyl (C=O) groups is 1. The Morgan fingerprint density at radius 3 is 2.10 bits per heavy atom. The van der Waals surface area contributed by atoms with Crippen molar-refractivity contribution in [3.63, 3.8) is 0 Å². The van der Waals surface area contributed by atoms with E-state index in [-0.39, 0.29) is 5.97 Å². The first-order chi connectivity index (χ1) is 9.57. The lowest BCUT2D eigenvalue weighted by molar-refractivity contribution is -0.139. The summed E-state index contributed by atoms with van der Waals surface area (Å²) in [7, 11) is 3.92. The van der Waals surface area contributed by atoms with Gasteiger partial charge in [-0.3, -0.25) is 0 Å². The molecule has 0 aromatic carbocycles. The molecule has 0 unspecified atom stereocenters. The number of carbonyl (C=O) groups excluding carboxylic acids is 1. The van der Waals surface area contributed by atoms with Crippen LogP contribution in [0.3, 0.4) is 0 Å². The second-order valence-corrected chi connectivity index (χ2v) is 5.77. The predicted molar refractivity (Wildman–Crippen MR) is 85.9 cm³/mol. The van der Waals surface area contributed by atoms with Crippen LogP contribution in [0.1, 0.15) is 64.7 Å². The Morgan fingerprint density at radius 1 is 1.00 bits per heavy atom. The minimum absolute atomic E-state index is 0.227. The highest BCUT2D eigenvalue weighted by Gasteiger charge is 2.08. The number of unbranched alkanes of at least 4 members (excludes halogenated alkanes) is 7. The Hall–Kier alpha value is -0.830. The molecule has 0 spiro atoms. The molecule has 0 saturated heterocycles. The molecule has 0 radical (unpaired) electrons. The lowest BCUT2D eigenvalue weighted by Gasteiger charge is -2.10. The smallest absolute Gasteiger partial charge is 0.333 e. The molecule has 0 bridgehead atoms. The molecule has 118 valence electrons. The van der Waals surface area contributed by atoms with E-state index < -0.39 is 0 Å². The van der Waals surface area contributed by atoms with Crippen LogP contribution >= 0.6 is 0 Å². The van der Waals surface area contributed by atoms with Crippen molar-refractivity contribution in [2.24, 2.45) is 0 Å². The van der Waals surface area contributed by atoms with E-state index >= 15 is 0 Å². The van der Waals surface area contributed by atoms with Crippen LogP contribution in [-0.4, -0.2) is 38.1 Å². The van der Waals surface area contributed by atoms with Gasteiger partial charge in [0.1, 0.15) is 6.61 Å². The van der Waals surface area contributed by atoms with Gasteiger partial charge in [-0.15, -0.1) is 0 Å².